The van der Waals surface area contributed by atoms with Crippen LogP contribution in [0.2, 0.25) is 0 Å². The van der Waals surface area contributed by atoms with E-state index in [9.17, 15) is 19.3 Å². The predicted octanol–water partition coefficient (Wildman–Crippen LogP) is 7.61. The molecule has 16 heteroatoms. The van der Waals surface area contributed by atoms with Crippen molar-refractivity contribution in [1.82, 2.24) is 9.80 Å². The van der Waals surface area contributed by atoms with Gasteiger partial charge in [-0.25, -0.2) is 9.59 Å². The van der Waals surface area contributed by atoms with Gasteiger partial charge in [-0.3, -0.25) is 4.57 Å². The molecule has 0 aromatic rings. The Labute approximate surface area is 329 Å². The van der Waals surface area contributed by atoms with Crippen molar-refractivity contribution in [3.8, 4) is 0 Å². The molecule has 1 amide bonds. The fraction of sp³-hybridized carbons (Fsp3) is 0.897. The number of rotatable bonds is 21. The Kier molecular flexibility index (Phi) is 16.8. The maximum absolute atomic E-state index is 13.3. The number of cyclic esters (lactones) is 2. The molecular formula is C39H68N5O10P. The summed E-state index contributed by atoms with van der Waals surface area (Å²) in [7, 11) is 5.47. The number of carbonyl (C=O) groups is 2. The van der Waals surface area contributed by atoms with Gasteiger partial charge in [0.05, 0.1) is 35.5 Å². The Bertz CT molecular complexity index is 1410. The Morgan fingerprint density at radius 3 is 2.40 bits per heavy atom. The Morgan fingerprint density at radius 1 is 1.15 bits per heavy atom. The van der Waals surface area contributed by atoms with Gasteiger partial charge >= 0.3 is 12.1 Å². The number of carbonyl (C=O) groups excluding carboxylic acids is 2. The van der Waals surface area contributed by atoms with Crippen molar-refractivity contribution >= 4 is 20.5 Å². The molecule has 0 aliphatic carbocycles. The summed E-state index contributed by atoms with van der Waals surface area (Å²) in [5.74, 6) is -1.67. The van der Waals surface area contributed by atoms with Gasteiger partial charge in [-0.2, -0.15) is 0 Å². The molecule has 0 saturated carbocycles. The second kappa shape index (κ2) is 19.8. The topological polar surface area (TPSA) is 182 Å². The molecule has 12 atom stereocenters. The van der Waals surface area contributed by atoms with Gasteiger partial charge in [0.25, 0.3) is 0 Å². The summed E-state index contributed by atoms with van der Waals surface area (Å²) >= 11 is 0. The van der Waals surface area contributed by atoms with E-state index in [4.69, 9.17) is 34.0 Å². The minimum Gasteiger partial charge on any atom is -0.456 e. The molecule has 0 spiro atoms. The average molecular weight is 798 g/mol. The monoisotopic (exact) mass is 797 g/mol. The Hall–Kier alpha value is -2.51. The lowest BCUT2D eigenvalue weighted by molar-refractivity contribution is -0.266. The van der Waals surface area contributed by atoms with E-state index in [2.05, 4.69) is 28.8 Å². The summed E-state index contributed by atoms with van der Waals surface area (Å²) < 4.78 is 50.3. The van der Waals surface area contributed by atoms with Gasteiger partial charge in [0.1, 0.15) is 11.4 Å². The number of amides is 1. The zero-order valence-corrected chi connectivity index (χ0v) is 36.3. The molecule has 3 aliphatic rings. The summed E-state index contributed by atoms with van der Waals surface area (Å²) in [6, 6.07) is -0.431. The van der Waals surface area contributed by atoms with Crippen LogP contribution in [0.25, 0.3) is 10.4 Å². The molecule has 3 aliphatic heterocycles. The minimum atomic E-state index is -1.19. The van der Waals surface area contributed by atoms with Gasteiger partial charge < -0.3 is 43.3 Å². The summed E-state index contributed by atoms with van der Waals surface area (Å²) in [5, 5.41) is 14.7. The van der Waals surface area contributed by atoms with Crippen LogP contribution in [-0.4, -0.2) is 121 Å². The molecular weight excluding hydrogens is 729 g/mol. The highest BCUT2D eigenvalue weighted by Gasteiger charge is 2.56. The van der Waals surface area contributed by atoms with E-state index in [0.717, 1.165) is 12.8 Å². The third-order valence-electron chi connectivity index (χ3n) is 11.9. The molecule has 0 radical (unpaired) electrons. The number of ether oxygens (including phenoxy) is 6. The standard InChI is InChI=1S/C39H68N5O10P/c1-14-29(45)39(10)32(44(36(47)54-39)20-16-15-19-41-42-40)24(3)18-17-23(2)22-38(9,49-13)33(26(5)30-27(6)34(46)53-37(7,8)52-30)51-35-31(55-48)28(43(11)12)21-25(4)50-35/h23-26,28-29,31-33,35,45H,14-22H2,1-13H3/t23-,24-,25?,26-,28?,29+,31?,32+,33+,35-,38+,39+/m0/s1. The zero-order valence-electron chi connectivity index (χ0n) is 35.4. The molecule has 3 unspecified atom stereocenters. The number of aliphatic hydroxyl groups excluding tert-OH is 1. The van der Waals surface area contributed by atoms with Crippen LogP contribution >= 0.6 is 8.46 Å². The van der Waals surface area contributed by atoms with Gasteiger partial charge in [0.2, 0.25) is 5.79 Å². The van der Waals surface area contributed by atoms with Gasteiger partial charge in [-0.1, -0.05) is 39.2 Å². The summed E-state index contributed by atoms with van der Waals surface area (Å²) in [6.07, 6.45) is 1.42. The van der Waals surface area contributed by atoms with Crippen LogP contribution in [0.5, 0.6) is 0 Å². The highest BCUT2D eigenvalue weighted by atomic mass is 31.1. The minimum absolute atomic E-state index is 0.0365. The molecule has 0 aromatic carbocycles. The van der Waals surface area contributed by atoms with Crippen molar-refractivity contribution in [2.75, 3.05) is 34.3 Å². The van der Waals surface area contributed by atoms with Crippen molar-refractivity contribution in [1.29, 1.82) is 0 Å². The molecule has 2 fully saturated rings. The average Bonchev–Trinajstić information content (AvgIpc) is 3.38. The fourth-order valence-electron chi connectivity index (χ4n) is 8.87. The molecule has 15 nitrogen and oxygen atoms in total. The molecule has 55 heavy (non-hydrogen) atoms. The van der Waals surface area contributed by atoms with E-state index < -0.39 is 59.1 Å². The van der Waals surface area contributed by atoms with Crippen LogP contribution in [0.3, 0.4) is 0 Å². The van der Waals surface area contributed by atoms with Crippen molar-refractivity contribution in [3.05, 3.63) is 21.8 Å². The first kappa shape index (κ1) is 46.9. The number of azide groups is 1. The Morgan fingerprint density at radius 2 is 1.82 bits per heavy atom. The van der Waals surface area contributed by atoms with E-state index in [-0.39, 0.29) is 38.5 Å². The summed E-state index contributed by atoms with van der Waals surface area (Å²) in [6.45, 7) is 19.7. The number of unbranched alkanes of at least 4 members (excludes halogenated alkanes) is 1. The SMILES string of the molecule is CC[C@@H](O)[C@@]1(C)OC(=O)N(CCCCN=[N+]=[N-])[C@@H]1[C@@H](C)CC[C@H](C)C[C@@](C)(OC)[C@H](O[C@@H]1OC(C)CC(N(C)C)C1P=O)[C@@H](C)C1=C(C)C(=O)OC(C)(C)O1. The van der Waals surface area contributed by atoms with E-state index in [1.165, 1.54) is 0 Å². The van der Waals surface area contributed by atoms with Crippen molar-refractivity contribution in [2.24, 2.45) is 22.9 Å². The van der Waals surface area contributed by atoms with Crippen LogP contribution in [0, 0.1) is 17.8 Å². The van der Waals surface area contributed by atoms with E-state index in [1.807, 2.05) is 48.7 Å². The number of esters is 1. The maximum Gasteiger partial charge on any atom is 0.410 e. The summed E-state index contributed by atoms with van der Waals surface area (Å²) in [4.78, 5) is 32.9. The smallest absolute Gasteiger partial charge is 0.410 e. The lowest BCUT2D eigenvalue weighted by Gasteiger charge is -2.47. The third-order valence-corrected chi connectivity index (χ3v) is 12.7. The van der Waals surface area contributed by atoms with E-state index in [0.29, 0.717) is 56.5 Å². The normalized spacial score (nSPS) is 30.8. The number of methoxy groups -OCH3 is 1. The third kappa shape index (κ3) is 11.1. The molecule has 1 N–H and O–H groups in total. The van der Waals surface area contributed by atoms with Gasteiger partial charge in [0.15, 0.2) is 20.4 Å². The van der Waals surface area contributed by atoms with Gasteiger partial charge in [-0.05, 0) is 97.7 Å². The molecule has 3 heterocycles. The molecule has 314 valence electrons. The molecule has 0 bridgehead atoms. The summed E-state index contributed by atoms with van der Waals surface area (Å²) in [5.41, 5.74) is 6.49. The Balaban J connectivity index is 1.92. The predicted molar refractivity (Wildman–Crippen MR) is 208 cm³/mol. The van der Waals surface area contributed by atoms with Crippen LogP contribution in [0.15, 0.2) is 16.4 Å². The number of hydrogen-bond donors (Lipinski definition) is 1. The van der Waals surface area contributed by atoms with E-state index in [1.54, 1.807) is 32.8 Å². The lowest BCUT2D eigenvalue weighted by atomic mass is 9.76. The van der Waals surface area contributed by atoms with Crippen molar-refractivity contribution in [3.63, 3.8) is 0 Å². The second-order valence-electron chi connectivity index (χ2n) is 17.1. The van der Waals surface area contributed by atoms with Gasteiger partial charge in [-0.15, -0.1) is 0 Å². The highest BCUT2D eigenvalue weighted by Crippen LogP contribution is 2.44. The second-order valence-corrected chi connectivity index (χ2v) is 17.9. The quantitative estimate of drug-likeness (QED) is 0.0301. The maximum atomic E-state index is 13.3. The number of aliphatic hydroxyl groups is 1. The lowest BCUT2D eigenvalue weighted by Crippen LogP contribution is -2.57. The number of nitrogens with zero attached hydrogens (tertiary/aromatic N) is 5. The molecule has 2 saturated heterocycles. The zero-order chi connectivity index (χ0) is 41.5. The van der Waals surface area contributed by atoms with Crippen LogP contribution < -0.4 is 0 Å². The first-order chi connectivity index (χ1) is 25.7. The highest BCUT2D eigenvalue weighted by molar-refractivity contribution is 7.25. The van der Waals surface area contributed by atoms with Crippen LogP contribution in [-0.2, 0) is 37.8 Å². The fourth-order valence-corrected chi connectivity index (χ4v) is 9.64. The van der Waals surface area contributed by atoms with Crippen LogP contribution in [0.4, 0.5) is 4.79 Å². The van der Waals surface area contributed by atoms with E-state index >= 15 is 0 Å². The largest absolute Gasteiger partial charge is 0.456 e. The first-order valence-electron chi connectivity index (χ1n) is 19.9. The van der Waals surface area contributed by atoms with Crippen molar-refractivity contribution < 1.29 is 47.7 Å². The van der Waals surface area contributed by atoms with Crippen LogP contribution in [0.1, 0.15) is 114 Å². The van der Waals surface area contributed by atoms with Crippen molar-refractivity contribution in [2.45, 2.75) is 174 Å². The molecule has 3 rings (SSSR count). The number of hydrogen-bond acceptors (Lipinski definition) is 12. The van der Waals surface area contributed by atoms with Gasteiger partial charge in [0, 0.05) is 50.9 Å². The first-order valence-corrected chi connectivity index (χ1v) is 20.7. The molecule has 0 aromatic heterocycles.